The quantitative estimate of drug-likeness (QED) is 0.434. The largest absolute Gasteiger partial charge is 0.0617 e. The summed E-state index contributed by atoms with van der Waals surface area (Å²) in [5, 5.41) is 0. The Labute approximate surface area is 149 Å². The molecule has 0 radical (unpaired) electrons. The monoisotopic (exact) mass is 322 g/mol. The lowest BCUT2D eigenvalue weighted by atomic mass is 9.97. The molecule has 130 valence electrons. The van der Waals surface area contributed by atoms with Gasteiger partial charge in [-0.05, 0) is 86.8 Å². The fourth-order valence-electron chi connectivity index (χ4n) is 3.50. The van der Waals surface area contributed by atoms with Gasteiger partial charge in [0, 0.05) is 0 Å². The molecule has 0 saturated carbocycles. The molecule has 0 amide bonds. The van der Waals surface area contributed by atoms with Gasteiger partial charge in [0.2, 0.25) is 0 Å². The zero-order valence-corrected chi connectivity index (χ0v) is 16.1. The van der Waals surface area contributed by atoms with E-state index in [1.807, 2.05) is 0 Å². The number of unbranched alkanes of at least 4 members (excludes halogenated alkanes) is 5. The maximum Gasteiger partial charge on any atom is -0.0276 e. The smallest absolute Gasteiger partial charge is 0.0276 e. The van der Waals surface area contributed by atoms with Gasteiger partial charge in [-0.2, -0.15) is 0 Å². The molecule has 0 unspecified atom stereocenters. The van der Waals surface area contributed by atoms with Crippen molar-refractivity contribution in [1.82, 2.24) is 0 Å². The molecule has 0 aliphatic heterocycles. The molecule has 0 heteroatoms. The van der Waals surface area contributed by atoms with Crippen LogP contribution in [0.3, 0.4) is 0 Å². The molecule has 2 aromatic rings. The first-order valence-electron chi connectivity index (χ1n) is 9.70. The zero-order valence-electron chi connectivity index (χ0n) is 16.1. The fraction of sp³-hybridized carbons (Fsp3) is 0.500. The van der Waals surface area contributed by atoms with Crippen molar-refractivity contribution in [2.45, 2.75) is 79.1 Å². The standard InChI is InChI=1S/C24H34/c1-19-13-11-17-23(21(19)3)15-9-7-5-6-8-10-16-24-18-12-14-20(2)22(24)4/h11-14,17-18H,5-10,15-16H2,1-4H3. The van der Waals surface area contributed by atoms with Crippen LogP contribution >= 0.6 is 0 Å². The molecule has 0 N–H and O–H groups in total. The number of rotatable bonds is 9. The topological polar surface area (TPSA) is 0 Å². The minimum atomic E-state index is 1.25. The lowest BCUT2D eigenvalue weighted by molar-refractivity contribution is 0.593. The number of benzene rings is 2. The van der Waals surface area contributed by atoms with Crippen LogP contribution in [-0.2, 0) is 12.8 Å². The highest BCUT2D eigenvalue weighted by Gasteiger charge is 2.02. The van der Waals surface area contributed by atoms with E-state index in [2.05, 4.69) is 64.1 Å². The normalized spacial score (nSPS) is 11.0. The molecule has 0 heterocycles. The average molecular weight is 323 g/mol. The van der Waals surface area contributed by atoms with E-state index in [1.165, 1.54) is 73.6 Å². The van der Waals surface area contributed by atoms with Gasteiger partial charge in [-0.15, -0.1) is 0 Å². The molecule has 0 fully saturated rings. The molecule has 0 nitrogen and oxygen atoms in total. The van der Waals surface area contributed by atoms with Gasteiger partial charge in [-0.25, -0.2) is 0 Å². The molecule has 0 aliphatic carbocycles. The van der Waals surface area contributed by atoms with Crippen molar-refractivity contribution in [3.63, 3.8) is 0 Å². The molecule has 0 aliphatic rings. The summed E-state index contributed by atoms with van der Waals surface area (Å²) in [4.78, 5) is 0. The van der Waals surface area contributed by atoms with Gasteiger partial charge in [0.15, 0.2) is 0 Å². The van der Waals surface area contributed by atoms with E-state index >= 15 is 0 Å². The van der Waals surface area contributed by atoms with Crippen molar-refractivity contribution < 1.29 is 0 Å². The first-order valence-corrected chi connectivity index (χ1v) is 9.70. The minimum absolute atomic E-state index is 1.25. The van der Waals surface area contributed by atoms with E-state index in [0.29, 0.717) is 0 Å². The summed E-state index contributed by atoms with van der Waals surface area (Å²) in [6.45, 7) is 8.96. The van der Waals surface area contributed by atoms with Gasteiger partial charge in [-0.1, -0.05) is 62.1 Å². The van der Waals surface area contributed by atoms with Crippen LogP contribution in [0.5, 0.6) is 0 Å². The third kappa shape index (κ3) is 5.51. The SMILES string of the molecule is Cc1cccc(CCCCCCCCc2cccc(C)c2C)c1C. The minimum Gasteiger partial charge on any atom is -0.0617 e. The van der Waals surface area contributed by atoms with Crippen molar-refractivity contribution >= 4 is 0 Å². The average Bonchev–Trinajstić information content (AvgIpc) is 2.57. The first kappa shape index (κ1) is 18.8. The summed E-state index contributed by atoms with van der Waals surface area (Å²) in [5.74, 6) is 0. The summed E-state index contributed by atoms with van der Waals surface area (Å²) >= 11 is 0. The van der Waals surface area contributed by atoms with Gasteiger partial charge in [0.1, 0.15) is 0 Å². The van der Waals surface area contributed by atoms with Gasteiger partial charge in [-0.3, -0.25) is 0 Å². The molecule has 24 heavy (non-hydrogen) atoms. The first-order chi connectivity index (χ1) is 11.6. The van der Waals surface area contributed by atoms with E-state index in [9.17, 15) is 0 Å². The zero-order chi connectivity index (χ0) is 17.4. The molecule has 2 aromatic carbocycles. The van der Waals surface area contributed by atoms with Crippen molar-refractivity contribution in [3.05, 3.63) is 69.8 Å². The van der Waals surface area contributed by atoms with E-state index < -0.39 is 0 Å². The number of hydrogen-bond acceptors (Lipinski definition) is 0. The molecule has 0 atom stereocenters. The predicted molar refractivity (Wildman–Crippen MR) is 107 cm³/mol. The number of hydrogen-bond donors (Lipinski definition) is 0. The Morgan fingerprint density at radius 1 is 0.500 bits per heavy atom. The highest BCUT2D eigenvalue weighted by atomic mass is 14.1. The molecule has 0 spiro atoms. The van der Waals surface area contributed by atoms with Gasteiger partial charge in [0.25, 0.3) is 0 Å². The second-order valence-electron chi connectivity index (χ2n) is 7.34. The molecule has 2 rings (SSSR count). The second-order valence-corrected chi connectivity index (χ2v) is 7.34. The summed E-state index contributed by atoms with van der Waals surface area (Å²) in [6.07, 6.45) is 10.7. The molecule has 0 saturated heterocycles. The van der Waals surface area contributed by atoms with Crippen LogP contribution < -0.4 is 0 Å². The highest BCUT2D eigenvalue weighted by molar-refractivity contribution is 5.33. The Kier molecular flexibility index (Phi) is 7.56. The van der Waals surface area contributed by atoms with Gasteiger partial charge in [0.05, 0.1) is 0 Å². The van der Waals surface area contributed by atoms with Crippen LogP contribution in [0.25, 0.3) is 0 Å². The van der Waals surface area contributed by atoms with E-state index in [-0.39, 0.29) is 0 Å². The van der Waals surface area contributed by atoms with Gasteiger partial charge >= 0.3 is 0 Å². The third-order valence-corrected chi connectivity index (χ3v) is 5.58. The lowest BCUT2D eigenvalue weighted by Crippen LogP contribution is -1.93. The lowest BCUT2D eigenvalue weighted by Gasteiger charge is -2.09. The fourth-order valence-corrected chi connectivity index (χ4v) is 3.50. The highest BCUT2D eigenvalue weighted by Crippen LogP contribution is 2.18. The van der Waals surface area contributed by atoms with Crippen LogP contribution in [0.15, 0.2) is 36.4 Å². The maximum absolute atomic E-state index is 2.30. The molecular weight excluding hydrogens is 288 g/mol. The van der Waals surface area contributed by atoms with E-state index in [4.69, 9.17) is 0 Å². The maximum atomic E-state index is 2.30. The summed E-state index contributed by atoms with van der Waals surface area (Å²) in [7, 11) is 0. The second kappa shape index (κ2) is 9.67. The third-order valence-electron chi connectivity index (χ3n) is 5.58. The summed E-state index contributed by atoms with van der Waals surface area (Å²) < 4.78 is 0. The van der Waals surface area contributed by atoms with Crippen molar-refractivity contribution in [2.75, 3.05) is 0 Å². The van der Waals surface area contributed by atoms with E-state index in [1.54, 1.807) is 11.1 Å². The van der Waals surface area contributed by atoms with Crippen molar-refractivity contribution in [1.29, 1.82) is 0 Å². The summed E-state index contributed by atoms with van der Waals surface area (Å²) in [5.41, 5.74) is 8.93. The Morgan fingerprint density at radius 3 is 1.29 bits per heavy atom. The van der Waals surface area contributed by atoms with Crippen LogP contribution in [0.2, 0.25) is 0 Å². The van der Waals surface area contributed by atoms with Crippen molar-refractivity contribution in [2.24, 2.45) is 0 Å². The van der Waals surface area contributed by atoms with E-state index in [0.717, 1.165) is 0 Å². The Morgan fingerprint density at radius 2 is 0.875 bits per heavy atom. The molecule has 0 aromatic heterocycles. The molecular formula is C24H34. The number of aryl methyl sites for hydroxylation is 4. The summed E-state index contributed by atoms with van der Waals surface area (Å²) in [6, 6.07) is 13.4. The Bertz CT molecular complexity index is 579. The van der Waals surface area contributed by atoms with Crippen LogP contribution in [0.1, 0.15) is 71.9 Å². The van der Waals surface area contributed by atoms with Crippen molar-refractivity contribution in [3.8, 4) is 0 Å². The van der Waals surface area contributed by atoms with Crippen LogP contribution in [-0.4, -0.2) is 0 Å². The Hall–Kier alpha value is -1.56. The van der Waals surface area contributed by atoms with Gasteiger partial charge < -0.3 is 0 Å². The predicted octanol–water partition coefficient (Wildman–Crippen LogP) is 7.05. The molecule has 0 bridgehead atoms. The van der Waals surface area contributed by atoms with Crippen LogP contribution in [0.4, 0.5) is 0 Å². The Balaban J connectivity index is 1.57. The van der Waals surface area contributed by atoms with Crippen LogP contribution in [0, 0.1) is 27.7 Å².